The first-order valence-corrected chi connectivity index (χ1v) is 3.20. The van der Waals surface area contributed by atoms with Crippen LogP contribution in [0.25, 0.3) is 0 Å². The van der Waals surface area contributed by atoms with Crippen LogP contribution < -0.4 is 5.73 Å². The average molecular weight is 141 g/mol. The summed E-state index contributed by atoms with van der Waals surface area (Å²) in [7, 11) is 1.82. The van der Waals surface area contributed by atoms with Gasteiger partial charge in [-0.2, -0.15) is 4.99 Å². The first-order chi connectivity index (χ1) is 4.61. The van der Waals surface area contributed by atoms with Crippen molar-refractivity contribution in [3.8, 4) is 0 Å². The summed E-state index contributed by atoms with van der Waals surface area (Å²) >= 11 is 0. The van der Waals surface area contributed by atoms with E-state index in [1.54, 1.807) is 4.90 Å². The SMILES string of the molecule is CC1CN(C)C(N)=NC1=O. The van der Waals surface area contributed by atoms with Gasteiger partial charge in [0, 0.05) is 13.6 Å². The highest BCUT2D eigenvalue weighted by atomic mass is 16.1. The van der Waals surface area contributed by atoms with Gasteiger partial charge in [0.25, 0.3) is 5.91 Å². The molecule has 10 heavy (non-hydrogen) atoms. The van der Waals surface area contributed by atoms with Crippen LogP contribution >= 0.6 is 0 Å². The molecule has 0 saturated heterocycles. The Hall–Kier alpha value is -1.06. The van der Waals surface area contributed by atoms with E-state index in [4.69, 9.17) is 5.73 Å². The maximum atomic E-state index is 10.9. The Morgan fingerprint density at radius 3 is 2.90 bits per heavy atom. The average Bonchev–Trinajstić information content (AvgIpc) is 1.84. The highest BCUT2D eigenvalue weighted by molar-refractivity contribution is 5.95. The number of carbonyl (C=O) groups is 1. The van der Waals surface area contributed by atoms with Gasteiger partial charge in [0.15, 0.2) is 5.96 Å². The summed E-state index contributed by atoms with van der Waals surface area (Å²) in [6.45, 7) is 2.52. The molecule has 1 aliphatic rings. The normalized spacial score (nSPS) is 26.6. The second-order valence-electron chi connectivity index (χ2n) is 2.59. The lowest BCUT2D eigenvalue weighted by atomic mass is 10.1. The summed E-state index contributed by atoms with van der Waals surface area (Å²) in [5.74, 6) is 0.191. The van der Waals surface area contributed by atoms with Gasteiger partial charge >= 0.3 is 0 Å². The first-order valence-electron chi connectivity index (χ1n) is 3.20. The lowest BCUT2D eigenvalue weighted by molar-refractivity contribution is -0.122. The Morgan fingerprint density at radius 2 is 2.40 bits per heavy atom. The zero-order valence-electron chi connectivity index (χ0n) is 6.16. The van der Waals surface area contributed by atoms with Crippen LogP contribution in [0.2, 0.25) is 0 Å². The van der Waals surface area contributed by atoms with E-state index in [9.17, 15) is 4.79 Å². The van der Waals surface area contributed by atoms with Gasteiger partial charge in [-0.05, 0) is 0 Å². The molecule has 1 amide bonds. The van der Waals surface area contributed by atoms with Crippen LogP contribution in [0.15, 0.2) is 4.99 Å². The van der Waals surface area contributed by atoms with E-state index in [2.05, 4.69) is 4.99 Å². The molecular formula is C6H11N3O. The van der Waals surface area contributed by atoms with Gasteiger partial charge in [0.05, 0.1) is 5.92 Å². The zero-order chi connectivity index (χ0) is 7.72. The van der Waals surface area contributed by atoms with Crippen molar-refractivity contribution in [2.75, 3.05) is 13.6 Å². The van der Waals surface area contributed by atoms with Crippen molar-refractivity contribution in [1.82, 2.24) is 4.90 Å². The molecule has 0 saturated carbocycles. The molecule has 0 radical (unpaired) electrons. The van der Waals surface area contributed by atoms with Gasteiger partial charge < -0.3 is 10.6 Å². The number of guanidine groups is 1. The van der Waals surface area contributed by atoms with Crippen LogP contribution in [0, 0.1) is 5.92 Å². The Balaban J connectivity index is 2.79. The van der Waals surface area contributed by atoms with Crippen molar-refractivity contribution in [3.63, 3.8) is 0 Å². The fraction of sp³-hybridized carbons (Fsp3) is 0.667. The molecule has 1 heterocycles. The summed E-state index contributed by atoms with van der Waals surface area (Å²) in [6.07, 6.45) is 0. The largest absolute Gasteiger partial charge is 0.369 e. The molecule has 1 atom stereocenters. The van der Waals surface area contributed by atoms with Crippen molar-refractivity contribution >= 4 is 11.9 Å². The maximum Gasteiger partial charge on any atom is 0.253 e. The molecule has 1 unspecified atom stereocenters. The summed E-state index contributed by atoms with van der Waals surface area (Å²) < 4.78 is 0. The van der Waals surface area contributed by atoms with Crippen LogP contribution in [0.5, 0.6) is 0 Å². The summed E-state index contributed by atoms with van der Waals surface area (Å²) in [5, 5.41) is 0. The second kappa shape index (κ2) is 2.28. The van der Waals surface area contributed by atoms with Crippen LogP contribution in [-0.2, 0) is 4.79 Å². The molecule has 2 N–H and O–H groups in total. The van der Waals surface area contributed by atoms with E-state index >= 15 is 0 Å². The van der Waals surface area contributed by atoms with Crippen molar-refractivity contribution < 1.29 is 4.79 Å². The molecule has 1 aliphatic heterocycles. The molecule has 56 valence electrons. The van der Waals surface area contributed by atoms with E-state index in [1.807, 2.05) is 14.0 Å². The van der Waals surface area contributed by atoms with Gasteiger partial charge in [-0.1, -0.05) is 6.92 Å². The predicted octanol–water partition coefficient (Wildman–Crippen LogP) is -0.591. The standard InChI is InChI=1S/C6H11N3O/c1-4-3-9(2)6(7)8-5(4)10/h4H,3H2,1-2H3,(H2,7,8,10). The molecule has 4 nitrogen and oxygen atoms in total. The predicted molar refractivity (Wildman–Crippen MR) is 38.4 cm³/mol. The maximum absolute atomic E-state index is 10.9. The minimum Gasteiger partial charge on any atom is -0.369 e. The Bertz CT molecular complexity index is 187. The van der Waals surface area contributed by atoms with Crippen molar-refractivity contribution in [2.24, 2.45) is 16.6 Å². The van der Waals surface area contributed by atoms with Crippen molar-refractivity contribution in [3.05, 3.63) is 0 Å². The van der Waals surface area contributed by atoms with Gasteiger partial charge in [0.1, 0.15) is 0 Å². The number of hydrogen-bond donors (Lipinski definition) is 1. The molecule has 0 bridgehead atoms. The topological polar surface area (TPSA) is 58.7 Å². The Morgan fingerprint density at radius 1 is 1.80 bits per heavy atom. The highest BCUT2D eigenvalue weighted by Gasteiger charge is 2.21. The van der Waals surface area contributed by atoms with Crippen LogP contribution in [0.3, 0.4) is 0 Å². The van der Waals surface area contributed by atoms with Gasteiger partial charge in [-0.3, -0.25) is 4.79 Å². The third-order valence-corrected chi connectivity index (χ3v) is 1.59. The number of carbonyl (C=O) groups excluding carboxylic acids is 1. The third-order valence-electron chi connectivity index (χ3n) is 1.59. The molecule has 0 aromatic carbocycles. The number of nitrogens with two attached hydrogens (primary N) is 1. The number of amides is 1. The lowest BCUT2D eigenvalue weighted by Gasteiger charge is -2.24. The van der Waals surface area contributed by atoms with Crippen molar-refractivity contribution in [1.29, 1.82) is 0 Å². The number of hydrogen-bond acceptors (Lipinski definition) is 3. The minimum atomic E-state index is -0.115. The van der Waals surface area contributed by atoms with E-state index < -0.39 is 0 Å². The van der Waals surface area contributed by atoms with Gasteiger partial charge in [0.2, 0.25) is 0 Å². The summed E-state index contributed by atoms with van der Waals surface area (Å²) in [5.41, 5.74) is 5.39. The first kappa shape index (κ1) is 7.05. The van der Waals surface area contributed by atoms with E-state index in [0.29, 0.717) is 12.5 Å². The smallest absolute Gasteiger partial charge is 0.253 e. The Labute approximate surface area is 59.7 Å². The minimum absolute atomic E-state index is 0.0164. The highest BCUT2D eigenvalue weighted by Crippen LogP contribution is 2.05. The van der Waals surface area contributed by atoms with E-state index in [-0.39, 0.29) is 11.8 Å². The molecule has 0 aromatic rings. The van der Waals surface area contributed by atoms with Gasteiger partial charge in [-0.25, -0.2) is 0 Å². The van der Waals surface area contributed by atoms with Crippen molar-refractivity contribution in [2.45, 2.75) is 6.92 Å². The quantitative estimate of drug-likeness (QED) is 0.490. The fourth-order valence-electron chi connectivity index (χ4n) is 0.891. The van der Waals surface area contributed by atoms with Crippen LogP contribution in [0.4, 0.5) is 0 Å². The number of rotatable bonds is 0. The fourth-order valence-corrected chi connectivity index (χ4v) is 0.891. The number of nitrogens with zero attached hydrogens (tertiary/aromatic N) is 2. The molecule has 0 aromatic heterocycles. The van der Waals surface area contributed by atoms with Gasteiger partial charge in [-0.15, -0.1) is 0 Å². The summed E-state index contributed by atoms with van der Waals surface area (Å²) in [4.78, 5) is 16.3. The molecule has 4 heteroatoms. The molecule has 0 spiro atoms. The monoisotopic (exact) mass is 141 g/mol. The Kier molecular flexibility index (Phi) is 1.61. The molecule has 1 rings (SSSR count). The molecule has 0 fully saturated rings. The molecular weight excluding hydrogens is 130 g/mol. The van der Waals surface area contributed by atoms with E-state index in [0.717, 1.165) is 0 Å². The van der Waals surface area contributed by atoms with Crippen LogP contribution in [0.1, 0.15) is 6.92 Å². The molecule has 0 aliphatic carbocycles. The van der Waals surface area contributed by atoms with Crippen LogP contribution in [-0.4, -0.2) is 30.4 Å². The summed E-state index contributed by atoms with van der Waals surface area (Å²) in [6, 6.07) is 0. The second-order valence-corrected chi connectivity index (χ2v) is 2.59. The van der Waals surface area contributed by atoms with E-state index in [1.165, 1.54) is 0 Å². The zero-order valence-corrected chi connectivity index (χ0v) is 6.16. The number of aliphatic imine (C=N–C) groups is 1. The lowest BCUT2D eigenvalue weighted by Crippen LogP contribution is -2.43. The third kappa shape index (κ3) is 1.10.